The largest absolute Gasteiger partial charge is 0.460 e. The minimum Gasteiger partial charge on any atom is -0.460 e. The van der Waals surface area contributed by atoms with Crippen LogP contribution >= 0.6 is 0 Å². The molecular formula is C10H15NO3. The van der Waals surface area contributed by atoms with Crippen LogP contribution in [0.15, 0.2) is 24.8 Å². The molecule has 1 N–H and O–H groups in total. The van der Waals surface area contributed by atoms with Crippen LogP contribution in [0.2, 0.25) is 0 Å². The number of nitriles is 1. The van der Waals surface area contributed by atoms with Gasteiger partial charge < -0.3 is 9.84 Å². The first kappa shape index (κ1) is 14.9. The highest BCUT2D eigenvalue weighted by Crippen LogP contribution is 1.92. The van der Waals surface area contributed by atoms with Gasteiger partial charge in [0.25, 0.3) is 0 Å². The van der Waals surface area contributed by atoms with E-state index in [1.54, 1.807) is 19.9 Å². The second kappa shape index (κ2) is 9.49. The standard InChI is InChI=1S/C7H12O3.C3H3N/c1-5(2)7(9)10-4-6(3)8;1-2-3-4/h6,8H,1,4H2,2-3H3;2H,1H2. The molecule has 0 aliphatic heterocycles. The van der Waals surface area contributed by atoms with Gasteiger partial charge in [0.15, 0.2) is 0 Å². The quantitative estimate of drug-likeness (QED) is 0.419. The van der Waals surface area contributed by atoms with Gasteiger partial charge in [0, 0.05) is 11.6 Å². The highest BCUT2D eigenvalue weighted by molar-refractivity contribution is 5.86. The Morgan fingerprint density at radius 1 is 1.79 bits per heavy atom. The third-order valence-corrected chi connectivity index (χ3v) is 0.895. The van der Waals surface area contributed by atoms with Crippen LogP contribution in [-0.4, -0.2) is 23.8 Å². The van der Waals surface area contributed by atoms with Crippen LogP contribution in [0.1, 0.15) is 13.8 Å². The van der Waals surface area contributed by atoms with Crippen molar-refractivity contribution >= 4 is 5.97 Å². The summed E-state index contributed by atoms with van der Waals surface area (Å²) in [5.41, 5.74) is 0.348. The van der Waals surface area contributed by atoms with Crippen LogP contribution in [0, 0.1) is 11.3 Å². The van der Waals surface area contributed by atoms with Crippen molar-refractivity contribution in [3.05, 3.63) is 24.8 Å². The molecule has 0 radical (unpaired) electrons. The predicted molar refractivity (Wildman–Crippen MR) is 53.3 cm³/mol. The summed E-state index contributed by atoms with van der Waals surface area (Å²) in [6, 6.07) is 1.69. The van der Waals surface area contributed by atoms with E-state index in [4.69, 9.17) is 10.4 Å². The number of nitrogens with zero attached hydrogens (tertiary/aromatic N) is 1. The van der Waals surface area contributed by atoms with Gasteiger partial charge in [-0.05, 0) is 13.8 Å². The third-order valence-electron chi connectivity index (χ3n) is 0.895. The van der Waals surface area contributed by atoms with E-state index in [1.165, 1.54) is 6.08 Å². The third kappa shape index (κ3) is 13.0. The van der Waals surface area contributed by atoms with Crippen molar-refractivity contribution in [3.8, 4) is 6.07 Å². The lowest BCUT2D eigenvalue weighted by molar-refractivity contribution is -0.141. The van der Waals surface area contributed by atoms with E-state index in [1.807, 2.05) is 0 Å². The Bertz CT molecular complexity index is 238. The maximum atomic E-state index is 10.6. The molecule has 0 aromatic rings. The fraction of sp³-hybridized carbons (Fsp3) is 0.400. The summed E-state index contributed by atoms with van der Waals surface area (Å²) in [5.74, 6) is -0.457. The van der Waals surface area contributed by atoms with Crippen LogP contribution in [0.4, 0.5) is 0 Å². The van der Waals surface area contributed by atoms with Gasteiger partial charge in [-0.3, -0.25) is 0 Å². The van der Waals surface area contributed by atoms with Gasteiger partial charge in [0.1, 0.15) is 6.61 Å². The Balaban J connectivity index is 0. The molecule has 0 rings (SSSR count). The smallest absolute Gasteiger partial charge is 0.333 e. The number of carbonyl (C=O) groups excluding carboxylic acids is 1. The van der Waals surface area contributed by atoms with Crippen molar-refractivity contribution in [2.45, 2.75) is 20.0 Å². The maximum absolute atomic E-state index is 10.6. The number of allylic oxidation sites excluding steroid dienone is 1. The van der Waals surface area contributed by atoms with Crippen molar-refractivity contribution in [3.63, 3.8) is 0 Å². The molecule has 0 aromatic heterocycles. The minimum absolute atomic E-state index is 0.0334. The van der Waals surface area contributed by atoms with Gasteiger partial charge in [-0.1, -0.05) is 13.2 Å². The maximum Gasteiger partial charge on any atom is 0.333 e. The molecule has 0 saturated heterocycles. The lowest BCUT2D eigenvalue weighted by Crippen LogP contribution is -2.15. The first-order valence-electron chi connectivity index (χ1n) is 3.96. The van der Waals surface area contributed by atoms with Gasteiger partial charge in [0.2, 0.25) is 0 Å². The van der Waals surface area contributed by atoms with Gasteiger partial charge in [-0.25, -0.2) is 4.79 Å². The molecule has 78 valence electrons. The topological polar surface area (TPSA) is 70.3 Å². The highest BCUT2D eigenvalue weighted by atomic mass is 16.5. The van der Waals surface area contributed by atoms with Gasteiger partial charge in [-0.15, -0.1) is 0 Å². The van der Waals surface area contributed by atoms with Crippen molar-refractivity contribution < 1.29 is 14.6 Å². The zero-order chi connectivity index (χ0) is 11.6. The molecule has 4 nitrogen and oxygen atoms in total. The number of aliphatic hydroxyl groups excluding tert-OH is 1. The van der Waals surface area contributed by atoms with Gasteiger partial charge in [0.05, 0.1) is 12.2 Å². The summed E-state index contributed by atoms with van der Waals surface area (Å²) in [6.07, 6.45) is 0.572. The average molecular weight is 197 g/mol. The Morgan fingerprint density at radius 3 is 2.43 bits per heavy atom. The molecule has 0 spiro atoms. The van der Waals surface area contributed by atoms with E-state index in [9.17, 15) is 4.79 Å². The lowest BCUT2D eigenvalue weighted by atomic mass is 10.3. The molecule has 0 saturated carbocycles. The molecular weight excluding hydrogens is 182 g/mol. The monoisotopic (exact) mass is 197 g/mol. The molecule has 1 unspecified atom stereocenters. The molecule has 4 heteroatoms. The first-order chi connectivity index (χ1) is 6.45. The van der Waals surface area contributed by atoms with E-state index in [2.05, 4.69) is 17.9 Å². The molecule has 0 aromatic carbocycles. The van der Waals surface area contributed by atoms with Crippen LogP contribution in [0.25, 0.3) is 0 Å². The summed E-state index contributed by atoms with van der Waals surface area (Å²) < 4.78 is 4.58. The summed E-state index contributed by atoms with van der Waals surface area (Å²) in [5, 5.41) is 16.2. The van der Waals surface area contributed by atoms with Gasteiger partial charge >= 0.3 is 5.97 Å². The Kier molecular flexibility index (Phi) is 10.1. The van der Waals surface area contributed by atoms with Crippen molar-refractivity contribution in [2.24, 2.45) is 0 Å². The molecule has 0 amide bonds. The lowest BCUT2D eigenvalue weighted by Gasteiger charge is -2.04. The summed E-state index contributed by atoms with van der Waals surface area (Å²) in [4.78, 5) is 10.6. The fourth-order valence-corrected chi connectivity index (χ4v) is 0.319. The number of rotatable bonds is 3. The predicted octanol–water partition coefficient (Wildman–Crippen LogP) is 1.18. The molecule has 0 bridgehead atoms. The number of ether oxygens (including phenoxy) is 1. The van der Waals surface area contributed by atoms with Gasteiger partial charge in [-0.2, -0.15) is 5.26 Å². The molecule has 14 heavy (non-hydrogen) atoms. The Labute approximate surface area is 84.1 Å². The number of hydrogen-bond donors (Lipinski definition) is 1. The van der Waals surface area contributed by atoms with E-state index >= 15 is 0 Å². The van der Waals surface area contributed by atoms with Crippen LogP contribution in [0.5, 0.6) is 0 Å². The normalized spacial score (nSPS) is 9.86. The number of aliphatic hydroxyl groups is 1. The van der Waals surface area contributed by atoms with Crippen molar-refractivity contribution in [1.82, 2.24) is 0 Å². The molecule has 1 atom stereocenters. The van der Waals surface area contributed by atoms with Crippen LogP contribution in [-0.2, 0) is 9.53 Å². The first-order valence-corrected chi connectivity index (χ1v) is 3.96. The summed E-state index contributed by atoms with van der Waals surface area (Å²) >= 11 is 0. The van der Waals surface area contributed by atoms with Crippen LogP contribution in [0.3, 0.4) is 0 Å². The average Bonchev–Trinajstić information content (AvgIpc) is 2.14. The van der Waals surface area contributed by atoms with Crippen molar-refractivity contribution in [2.75, 3.05) is 6.61 Å². The zero-order valence-corrected chi connectivity index (χ0v) is 8.49. The Hall–Kier alpha value is -1.60. The SMILES string of the molecule is C=C(C)C(=O)OCC(C)O.C=CC#N. The van der Waals surface area contributed by atoms with E-state index in [0.717, 1.165) is 0 Å². The number of carbonyl (C=O) groups is 1. The second-order valence-corrected chi connectivity index (χ2v) is 2.56. The Morgan fingerprint density at radius 2 is 2.21 bits per heavy atom. The van der Waals surface area contributed by atoms with E-state index in [0.29, 0.717) is 5.57 Å². The van der Waals surface area contributed by atoms with E-state index in [-0.39, 0.29) is 6.61 Å². The molecule has 0 heterocycles. The minimum atomic E-state index is -0.608. The number of esters is 1. The molecule has 0 fully saturated rings. The molecule has 0 aliphatic rings. The van der Waals surface area contributed by atoms with Crippen LogP contribution < -0.4 is 0 Å². The fourth-order valence-electron chi connectivity index (χ4n) is 0.319. The second-order valence-electron chi connectivity index (χ2n) is 2.56. The highest BCUT2D eigenvalue weighted by Gasteiger charge is 2.03. The zero-order valence-electron chi connectivity index (χ0n) is 8.49. The number of hydrogen-bond acceptors (Lipinski definition) is 4. The van der Waals surface area contributed by atoms with E-state index < -0.39 is 12.1 Å². The van der Waals surface area contributed by atoms with Crippen molar-refractivity contribution in [1.29, 1.82) is 5.26 Å². The summed E-state index contributed by atoms with van der Waals surface area (Å²) in [7, 11) is 0. The molecule has 0 aliphatic carbocycles. The summed E-state index contributed by atoms with van der Waals surface area (Å²) in [6.45, 7) is 9.64.